The lowest BCUT2D eigenvalue weighted by atomic mass is 9.97. The van der Waals surface area contributed by atoms with E-state index in [1.807, 2.05) is 35.2 Å². The summed E-state index contributed by atoms with van der Waals surface area (Å²) in [7, 11) is 1.41. The van der Waals surface area contributed by atoms with Gasteiger partial charge in [-0.25, -0.2) is 0 Å². The molecule has 1 aromatic rings. The molecule has 0 bridgehead atoms. The van der Waals surface area contributed by atoms with Crippen molar-refractivity contribution in [1.29, 1.82) is 0 Å². The van der Waals surface area contributed by atoms with E-state index in [0.717, 1.165) is 31.5 Å². The zero-order valence-corrected chi connectivity index (χ0v) is 12.3. The Morgan fingerprint density at radius 2 is 1.86 bits per heavy atom. The summed E-state index contributed by atoms with van der Waals surface area (Å²) < 4.78 is 10.00. The van der Waals surface area contributed by atoms with Crippen LogP contribution in [0.3, 0.4) is 0 Å². The van der Waals surface area contributed by atoms with Crippen LogP contribution < -0.4 is 0 Å². The fraction of sp³-hybridized carbons (Fsp3) is 0.500. The van der Waals surface area contributed by atoms with Gasteiger partial charge in [0.1, 0.15) is 6.61 Å². The second-order valence-corrected chi connectivity index (χ2v) is 5.22. The third kappa shape index (κ3) is 4.86. The predicted octanol–water partition coefficient (Wildman–Crippen LogP) is 1.61. The molecule has 0 amide bonds. The molecule has 1 aliphatic heterocycles. The molecular formula is C16H21NO4. The van der Waals surface area contributed by atoms with Crippen LogP contribution in [-0.2, 0) is 25.7 Å². The van der Waals surface area contributed by atoms with Gasteiger partial charge in [0.25, 0.3) is 0 Å². The summed E-state index contributed by atoms with van der Waals surface area (Å²) in [6, 6.07) is 9.61. The average Bonchev–Trinajstić information content (AvgIpc) is 2.54. The van der Waals surface area contributed by atoms with Crippen LogP contribution >= 0.6 is 0 Å². The molecular weight excluding hydrogens is 270 g/mol. The van der Waals surface area contributed by atoms with Gasteiger partial charge < -0.3 is 9.47 Å². The molecule has 1 saturated heterocycles. The van der Waals surface area contributed by atoms with Crippen molar-refractivity contribution in [2.75, 3.05) is 26.7 Å². The molecule has 1 aliphatic rings. The van der Waals surface area contributed by atoms with Crippen molar-refractivity contribution in [2.45, 2.75) is 19.4 Å². The van der Waals surface area contributed by atoms with E-state index in [9.17, 15) is 9.59 Å². The molecule has 0 spiro atoms. The molecule has 2 rings (SSSR count). The van der Waals surface area contributed by atoms with Crippen molar-refractivity contribution in [1.82, 2.24) is 4.90 Å². The maximum Gasteiger partial charge on any atom is 0.320 e. The maximum atomic E-state index is 11.8. The van der Waals surface area contributed by atoms with E-state index < -0.39 is 0 Å². The quantitative estimate of drug-likeness (QED) is 0.772. The van der Waals surface area contributed by atoms with Crippen molar-refractivity contribution < 1.29 is 19.1 Å². The van der Waals surface area contributed by atoms with E-state index in [1.54, 1.807) is 0 Å². The number of likely N-dealkylation sites (tertiary alicyclic amines) is 1. The predicted molar refractivity (Wildman–Crippen MR) is 77.4 cm³/mol. The summed E-state index contributed by atoms with van der Waals surface area (Å²) in [4.78, 5) is 25.2. The van der Waals surface area contributed by atoms with E-state index >= 15 is 0 Å². The number of carbonyl (C=O) groups is 2. The van der Waals surface area contributed by atoms with Crippen LogP contribution in [-0.4, -0.2) is 43.6 Å². The normalized spacial score (nSPS) is 16.4. The van der Waals surface area contributed by atoms with Gasteiger partial charge in [-0.15, -0.1) is 0 Å². The smallest absolute Gasteiger partial charge is 0.320 e. The number of benzene rings is 1. The molecule has 0 aliphatic carbocycles. The molecule has 5 heteroatoms. The minimum atomic E-state index is -0.227. The summed E-state index contributed by atoms with van der Waals surface area (Å²) in [5.74, 6) is -0.414. The van der Waals surface area contributed by atoms with Crippen molar-refractivity contribution in [3.8, 4) is 0 Å². The SMILES string of the molecule is COC(=O)C1CCN(CC(=O)OCc2ccccc2)CC1. The lowest BCUT2D eigenvalue weighted by Gasteiger charge is -2.29. The average molecular weight is 291 g/mol. The molecule has 0 N–H and O–H groups in total. The number of carbonyl (C=O) groups excluding carboxylic acids is 2. The second-order valence-electron chi connectivity index (χ2n) is 5.22. The first kappa shape index (κ1) is 15.5. The van der Waals surface area contributed by atoms with Gasteiger partial charge in [0.15, 0.2) is 0 Å². The first-order valence-corrected chi connectivity index (χ1v) is 7.19. The zero-order chi connectivity index (χ0) is 15.1. The third-order valence-corrected chi connectivity index (χ3v) is 3.72. The van der Waals surface area contributed by atoms with Crippen LogP contribution in [0.1, 0.15) is 18.4 Å². The van der Waals surface area contributed by atoms with E-state index in [1.165, 1.54) is 7.11 Å². The van der Waals surface area contributed by atoms with Gasteiger partial charge in [-0.05, 0) is 31.5 Å². The lowest BCUT2D eigenvalue weighted by Crippen LogP contribution is -2.39. The van der Waals surface area contributed by atoms with Crippen molar-refractivity contribution in [3.05, 3.63) is 35.9 Å². The van der Waals surface area contributed by atoms with Crippen LogP contribution in [0, 0.1) is 5.92 Å². The number of ether oxygens (including phenoxy) is 2. The van der Waals surface area contributed by atoms with Crippen LogP contribution in [0.4, 0.5) is 0 Å². The second kappa shape index (κ2) is 7.78. The maximum absolute atomic E-state index is 11.8. The molecule has 0 unspecified atom stereocenters. The van der Waals surface area contributed by atoms with E-state index in [-0.39, 0.29) is 24.4 Å². The highest BCUT2D eigenvalue weighted by Crippen LogP contribution is 2.18. The molecule has 1 fully saturated rings. The Kier molecular flexibility index (Phi) is 5.75. The number of esters is 2. The number of hydrogen-bond acceptors (Lipinski definition) is 5. The molecule has 0 atom stereocenters. The minimum Gasteiger partial charge on any atom is -0.469 e. The molecule has 0 saturated carbocycles. The Hall–Kier alpha value is -1.88. The van der Waals surface area contributed by atoms with Gasteiger partial charge in [0.05, 0.1) is 19.6 Å². The van der Waals surface area contributed by atoms with Gasteiger partial charge in [-0.2, -0.15) is 0 Å². The Morgan fingerprint density at radius 1 is 1.19 bits per heavy atom. The van der Waals surface area contributed by atoms with Crippen LogP contribution in [0.15, 0.2) is 30.3 Å². The van der Waals surface area contributed by atoms with Crippen molar-refractivity contribution >= 4 is 11.9 Å². The van der Waals surface area contributed by atoms with Crippen LogP contribution in [0.25, 0.3) is 0 Å². The topological polar surface area (TPSA) is 55.8 Å². The highest BCUT2D eigenvalue weighted by Gasteiger charge is 2.26. The molecule has 21 heavy (non-hydrogen) atoms. The van der Waals surface area contributed by atoms with Gasteiger partial charge >= 0.3 is 11.9 Å². The zero-order valence-electron chi connectivity index (χ0n) is 12.3. The molecule has 0 radical (unpaired) electrons. The highest BCUT2D eigenvalue weighted by atomic mass is 16.5. The number of hydrogen-bond donors (Lipinski definition) is 0. The monoisotopic (exact) mass is 291 g/mol. The fourth-order valence-corrected chi connectivity index (χ4v) is 2.46. The van der Waals surface area contributed by atoms with Crippen molar-refractivity contribution in [2.24, 2.45) is 5.92 Å². The Labute approximate surface area is 124 Å². The van der Waals surface area contributed by atoms with E-state index in [4.69, 9.17) is 9.47 Å². The Morgan fingerprint density at radius 3 is 2.48 bits per heavy atom. The molecule has 5 nitrogen and oxygen atoms in total. The van der Waals surface area contributed by atoms with Gasteiger partial charge in [-0.3, -0.25) is 14.5 Å². The first-order chi connectivity index (χ1) is 10.2. The van der Waals surface area contributed by atoms with Crippen LogP contribution in [0.5, 0.6) is 0 Å². The Bertz CT molecular complexity index is 466. The number of rotatable bonds is 5. The van der Waals surface area contributed by atoms with Gasteiger partial charge in [0, 0.05) is 0 Å². The lowest BCUT2D eigenvalue weighted by molar-refractivity contribution is -0.148. The van der Waals surface area contributed by atoms with Crippen molar-refractivity contribution in [3.63, 3.8) is 0 Å². The standard InChI is InChI=1S/C16H21NO4/c1-20-16(19)14-7-9-17(10-8-14)11-15(18)21-12-13-5-3-2-4-6-13/h2-6,14H,7-12H2,1H3. The largest absolute Gasteiger partial charge is 0.469 e. The number of methoxy groups -OCH3 is 1. The molecule has 1 aromatic carbocycles. The number of piperidine rings is 1. The van der Waals surface area contributed by atoms with Crippen LogP contribution in [0.2, 0.25) is 0 Å². The van der Waals surface area contributed by atoms with E-state index in [0.29, 0.717) is 6.61 Å². The summed E-state index contributed by atoms with van der Waals surface area (Å²) in [6.07, 6.45) is 1.47. The third-order valence-electron chi connectivity index (χ3n) is 3.72. The van der Waals surface area contributed by atoms with Gasteiger partial charge in [0.2, 0.25) is 0 Å². The molecule has 114 valence electrons. The summed E-state index contributed by atoms with van der Waals surface area (Å²) in [6.45, 7) is 2.03. The number of nitrogens with zero attached hydrogens (tertiary/aromatic N) is 1. The summed E-state index contributed by atoms with van der Waals surface area (Å²) >= 11 is 0. The van der Waals surface area contributed by atoms with E-state index in [2.05, 4.69) is 0 Å². The highest BCUT2D eigenvalue weighted by molar-refractivity contribution is 5.73. The fourth-order valence-electron chi connectivity index (χ4n) is 2.46. The molecule has 1 heterocycles. The minimum absolute atomic E-state index is 0.0356. The Balaban J connectivity index is 1.68. The summed E-state index contributed by atoms with van der Waals surface area (Å²) in [5, 5.41) is 0. The van der Waals surface area contributed by atoms with Gasteiger partial charge in [-0.1, -0.05) is 30.3 Å². The summed E-state index contributed by atoms with van der Waals surface area (Å²) in [5.41, 5.74) is 0.982. The molecule has 0 aromatic heterocycles. The first-order valence-electron chi connectivity index (χ1n) is 7.19.